The quantitative estimate of drug-likeness (QED) is 0.293. The van der Waals surface area contributed by atoms with E-state index in [9.17, 15) is 13.2 Å². The Hall–Kier alpha value is -3.19. The van der Waals surface area contributed by atoms with Crippen LogP contribution < -0.4 is 20.1 Å². The molecular formula is C28H31ClN6O4S2. The number of para-hydroxylation sites is 1. The van der Waals surface area contributed by atoms with Crippen molar-refractivity contribution in [1.29, 1.82) is 0 Å². The summed E-state index contributed by atoms with van der Waals surface area (Å²) in [6, 6.07) is 15.0. The summed E-state index contributed by atoms with van der Waals surface area (Å²) in [5.74, 6) is 0.340. The average Bonchev–Trinajstić information content (AvgIpc) is 3.61. The van der Waals surface area contributed by atoms with Crippen LogP contribution in [0.4, 0.5) is 10.8 Å². The first-order chi connectivity index (χ1) is 19.8. The van der Waals surface area contributed by atoms with E-state index in [1.165, 1.54) is 8.99 Å². The fourth-order valence-electron chi connectivity index (χ4n) is 5.31. The second kappa shape index (κ2) is 11.6. The SMILES string of the molecule is CCCS(=O)(=O)N1CCN(c2cnn(-c3cccc(Cl)c3)c(=O)c2OC2CCN(c3nc4ccccc4s3)C2)CC1. The van der Waals surface area contributed by atoms with Gasteiger partial charge in [0.25, 0.3) is 0 Å². The predicted molar refractivity (Wildman–Crippen MR) is 164 cm³/mol. The number of aromatic nitrogens is 3. The van der Waals surface area contributed by atoms with E-state index >= 15 is 0 Å². The lowest BCUT2D eigenvalue weighted by Crippen LogP contribution is -2.49. The summed E-state index contributed by atoms with van der Waals surface area (Å²) >= 11 is 7.85. The number of rotatable bonds is 8. The van der Waals surface area contributed by atoms with Crippen molar-refractivity contribution in [2.24, 2.45) is 0 Å². The molecule has 13 heteroatoms. The zero-order valence-corrected chi connectivity index (χ0v) is 25.0. The third-order valence-corrected chi connectivity index (χ3v) is 10.8. The standard InChI is InChI=1S/C28H31ClN6O4S2/c1-2-16-41(37,38)34-14-12-32(13-15-34)24-18-30-35(21-7-5-6-20(29)17-21)27(36)26(24)39-22-10-11-33(19-22)28-31-23-8-3-4-9-25(23)40-28/h3-9,17-18,22H,2,10-16,19H2,1H3. The first-order valence-electron chi connectivity index (χ1n) is 13.7. The van der Waals surface area contributed by atoms with Crippen molar-refractivity contribution in [3.63, 3.8) is 0 Å². The van der Waals surface area contributed by atoms with Gasteiger partial charge in [-0.2, -0.15) is 14.1 Å². The highest BCUT2D eigenvalue weighted by molar-refractivity contribution is 7.89. The van der Waals surface area contributed by atoms with E-state index in [0.29, 0.717) is 55.5 Å². The van der Waals surface area contributed by atoms with Crippen molar-refractivity contribution >= 4 is 54.0 Å². The molecular weight excluding hydrogens is 584 g/mol. The Morgan fingerprint density at radius 3 is 2.61 bits per heavy atom. The maximum absolute atomic E-state index is 13.9. The highest BCUT2D eigenvalue weighted by atomic mass is 35.5. The third kappa shape index (κ3) is 5.78. The van der Waals surface area contributed by atoms with Gasteiger partial charge >= 0.3 is 5.56 Å². The number of ether oxygens (including phenoxy) is 1. The van der Waals surface area contributed by atoms with Gasteiger partial charge in [0.2, 0.25) is 15.8 Å². The van der Waals surface area contributed by atoms with E-state index in [0.717, 1.165) is 28.3 Å². The fourth-order valence-corrected chi connectivity index (χ4v) is 7.99. The van der Waals surface area contributed by atoms with Crippen LogP contribution in [0.5, 0.6) is 5.75 Å². The summed E-state index contributed by atoms with van der Waals surface area (Å²) < 4.78 is 35.7. The van der Waals surface area contributed by atoms with Crippen LogP contribution in [0.25, 0.3) is 15.9 Å². The van der Waals surface area contributed by atoms with Crippen molar-refractivity contribution in [1.82, 2.24) is 19.1 Å². The van der Waals surface area contributed by atoms with Crippen LogP contribution in [0.2, 0.25) is 5.02 Å². The van der Waals surface area contributed by atoms with Crippen molar-refractivity contribution < 1.29 is 13.2 Å². The van der Waals surface area contributed by atoms with Gasteiger partial charge in [-0.15, -0.1) is 0 Å². The number of nitrogens with zero attached hydrogens (tertiary/aromatic N) is 6. The second-order valence-electron chi connectivity index (χ2n) is 10.2. The number of sulfonamides is 1. The molecule has 2 fully saturated rings. The molecule has 0 amide bonds. The lowest BCUT2D eigenvalue weighted by molar-refractivity contribution is 0.220. The zero-order valence-electron chi connectivity index (χ0n) is 22.6. The first kappa shape index (κ1) is 28.0. The molecule has 4 heterocycles. The van der Waals surface area contributed by atoms with E-state index in [-0.39, 0.29) is 23.2 Å². The van der Waals surface area contributed by atoms with Crippen molar-refractivity contribution in [2.45, 2.75) is 25.9 Å². The zero-order chi connectivity index (χ0) is 28.6. The van der Waals surface area contributed by atoms with Crippen molar-refractivity contribution in [3.8, 4) is 11.4 Å². The number of piperazine rings is 1. The summed E-state index contributed by atoms with van der Waals surface area (Å²) in [4.78, 5) is 22.9. The van der Waals surface area contributed by atoms with Crippen LogP contribution >= 0.6 is 22.9 Å². The second-order valence-corrected chi connectivity index (χ2v) is 13.7. The molecule has 0 spiro atoms. The van der Waals surface area contributed by atoms with Gasteiger partial charge in [-0.25, -0.2) is 13.4 Å². The van der Waals surface area contributed by atoms with Gasteiger partial charge in [0.15, 0.2) is 5.13 Å². The molecule has 2 aliphatic heterocycles. The number of anilines is 2. The molecule has 216 valence electrons. The molecule has 2 saturated heterocycles. The lowest BCUT2D eigenvalue weighted by atomic mass is 10.2. The largest absolute Gasteiger partial charge is 0.481 e. The minimum absolute atomic E-state index is 0.130. The highest BCUT2D eigenvalue weighted by Gasteiger charge is 2.32. The van der Waals surface area contributed by atoms with Crippen LogP contribution in [0, 0.1) is 0 Å². The predicted octanol–water partition coefficient (Wildman–Crippen LogP) is 4.02. The van der Waals surface area contributed by atoms with Gasteiger partial charge < -0.3 is 14.5 Å². The molecule has 4 aromatic rings. The lowest BCUT2D eigenvalue weighted by Gasteiger charge is -2.36. The molecule has 41 heavy (non-hydrogen) atoms. The summed E-state index contributed by atoms with van der Waals surface area (Å²) in [5.41, 5.74) is 1.69. The van der Waals surface area contributed by atoms with E-state index < -0.39 is 10.0 Å². The van der Waals surface area contributed by atoms with Gasteiger partial charge in [0.05, 0.1) is 34.4 Å². The van der Waals surface area contributed by atoms with Crippen LogP contribution in [0.3, 0.4) is 0 Å². The number of halogens is 1. The molecule has 0 N–H and O–H groups in total. The normalized spacial score (nSPS) is 18.3. The van der Waals surface area contributed by atoms with Gasteiger partial charge in [-0.1, -0.05) is 48.1 Å². The molecule has 10 nitrogen and oxygen atoms in total. The monoisotopic (exact) mass is 614 g/mol. The molecule has 2 aliphatic rings. The summed E-state index contributed by atoms with van der Waals surface area (Å²) in [6.45, 7) is 4.78. The maximum Gasteiger partial charge on any atom is 0.316 e. The van der Waals surface area contributed by atoms with Gasteiger partial charge in [0, 0.05) is 44.2 Å². The van der Waals surface area contributed by atoms with Crippen molar-refractivity contribution in [2.75, 3.05) is 54.8 Å². The third-order valence-electron chi connectivity index (χ3n) is 7.38. The first-order valence-corrected chi connectivity index (χ1v) is 16.5. The van der Waals surface area contributed by atoms with Gasteiger partial charge in [0.1, 0.15) is 11.8 Å². The topological polar surface area (TPSA) is 101 Å². The molecule has 6 rings (SSSR count). The number of hydrogen-bond acceptors (Lipinski definition) is 9. The number of thiazole rings is 1. The number of hydrogen-bond donors (Lipinski definition) is 0. The van der Waals surface area contributed by atoms with Crippen LogP contribution in [0.15, 0.2) is 59.5 Å². The van der Waals surface area contributed by atoms with Gasteiger partial charge in [-0.3, -0.25) is 4.79 Å². The molecule has 0 bridgehead atoms. The highest BCUT2D eigenvalue weighted by Crippen LogP contribution is 2.33. The molecule has 0 saturated carbocycles. The van der Waals surface area contributed by atoms with Crippen molar-refractivity contribution in [3.05, 3.63) is 70.1 Å². The van der Waals surface area contributed by atoms with E-state index in [1.807, 2.05) is 30.0 Å². The average molecular weight is 615 g/mol. The van der Waals surface area contributed by atoms with Crippen LogP contribution in [-0.4, -0.2) is 78.6 Å². The summed E-state index contributed by atoms with van der Waals surface area (Å²) in [6.07, 6.45) is 2.71. The Morgan fingerprint density at radius 1 is 1.05 bits per heavy atom. The van der Waals surface area contributed by atoms with E-state index in [1.54, 1.807) is 41.8 Å². The molecule has 1 unspecified atom stereocenters. The Bertz CT molecular complexity index is 1690. The molecule has 2 aromatic heterocycles. The number of benzene rings is 2. The minimum Gasteiger partial charge on any atom is -0.481 e. The Morgan fingerprint density at radius 2 is 1.85 bits per heavy atom. The van der Waals surface area contributed by atoms with Crippen LogP contribution in [-0.2, 0) is 10.0 Å². The van der Waals surface area contributed by atoms with Crippen LogP contribution in [0.1, 0.15) is 19.8 Å². The Kier molecular flexibility index (Phi) is 7.90. The molecule has 0 radical (unpaired) electrons. The number of fused-ring (bicyclic) bond motifs is 1. The summed E-state index contributed by atoms with van der Waals surface area (Å²) in [7, 11) is -3.29. The van der Waals surface area contributed by atoms with E-state index in [4.69, 9.17) is 21.3 Å². The Balaban J connectivity index is 1.28. The summed E-state index contributed by atoms with van der Waals surface area (Å²) in [5, 5.41) is 5.89. The molecule has 1 atom stereocenters. The smallest absolute Gasteiger partial charge is 0.316 e. The molecule has 0 aliphatic carbocycles. The van der Waals surface area contributed by atoms with Gasteiger partial charge in [-0.05, 0) is 36.8 Å². The fraction of sp³-hybridized carbons (Fsp3) is 0.393. The molecule has 2 aromatic carbocycles. The minimum atomic E-state index is -3.29. The Labute approximate surface area is 247 Å². The maximum atomic E-state index is 13.9. The van der Waals surface area contributed by atoms with E-state index in [2.05, 4.69) is 16.1 Å².